The number of hydrogen-bond acceptors (Lipinski definition) is 3. The number of nitrogens with zero attached hydrogens (tertiary/aromatic N) is 1. The van der Waals surface area contributed by atoms with Crippen LogP contribution in [0.15, 0.2) is 53.4 Å². The third-order valence-corrected chi connectivity index (χ3v) is 7.95. The van der Waals surface area contributed by atoms with E-state index in [4.69, 9.17) is 0 Å². The van der Waals surface area contributed by atoms with E-state index >= 15 is 0 Å². The number of hydrogen-bond donors (Lipinski definition) is 1. The molecule has 2 aromatic carbocycles. The summed E-state index contributed by atoms with van der Waals surface area (Å²) in [5.41, 5.74) is 0.667. The summed E-state index contributed by atoms with van der Waals surface area (Å²) in [7, 11) is -4.32. The van der Waals surface area contributed by atoms with Crippen molar-refractivity contribution in [1.29, 1.82) is 0 Å². The van der Waals surface area contributed by atoms with Crippen LogP contribution in [0.2, 0.25) is 0 Å². The molecule has 1 unspecified atom stereocenters. The monoisotopic (exact) mass is 468 g/mol. The number of sulfonamides is 1. The highest BCUT2D eigenvalue weighted by Crippen LogP contribution is 2.36. The summed E-state index contributed by atoms with van der Waals surface area (Å²) in [6.07, 6.45) is -3.28. The lowest BCUT2D eigenvalue weighted by atomic mass is 9.96. The quantitative estimate of drug-likeness (QED) is 0.629. The van der Waals surface area contributed by atoms with Crippen LogP contribution in [-0.2, 0) is 21.0 Å². The Balaban J connectivity index is 1.64. The molecule has 1 aliphatic rings. The van der Waals surface area contributed by atoms with E-state index in [2.05, 4.69) is 19.2 Å². The van der Waals surface area contributed by atoms with E-state index < -0.39 is 32.6 Å². The predicted molar refractivity (Wildman–Crippen MR) is 117 cm³/mol. The summed E-state index contributed by atoms with van der Waals surface area (Å²) < 4.78 is 66.6. The molecule has 1 aliphatic heterocycles. The first-order chi connectivity index (χ1) is 15.0. The van der Waals surface area contributed by atoms with E-state index in [-0.39, 0.29) is 31.8 Å². The van der Waals surface area contributed by atoms with Gasteiger partial charge in [0.25, 0.3) is 0 Å². The number of piperidine rings is 1. The lowest BCUT2D eigenvalue weighted by molar-refractivity contribution is -0.139. The highest BCUT2D eigenvalue weighted by atomic mass is 32.2. The second-order valence-corrected chi connectivity index (χ2v) is 10.00. The maximum Gasteiger partial charge on any atom is 0.417 e. The second kappa shape index (κ2) is 9.62. The predicted octanol–water partition coefficient (Wildman–Crippen LogP) is 5.26. The minimum Gasteiger partial charge on any atom is -0.326 e. The number of alkyl halides is 3. The smallest absolute Gasteiger partial charge is 0.326 e. The van der Waals surface area contributed by atoms with E-state index in [0.717, 1.165) is 28.9 Å². The fourth-order valence-corrected chi connectivity index (χ4v) is 5.48. The van der Waals surface area contributed by atoms with Gasteiger partial charge in [0, 0.05) is 24.7 Å². The molecule has 32 heavy (non-hydrogen) atoms. The summed E-state index contributed by atoms with van der Waals surface area (Å²) in [4.78, 5) is 11.9. The van der Waals surface area contributed by atoms with Crippen LogP contribution in [0.25, 0.3) is 0 Å². The molecule has 0 bridgehead atoms. The van der Waals surface area contributed by atoms with Crippen LogP contribution in [0.1, 0.15) is 50.2 Å². The number of carbonyl (C=O) groups excluding carboxylic acids is 1. The Morgan fingerprint density at radius 2 is 1.69 bits per heavy atom. The van der Waals surface area contributed by atoms with Crippen molar-refractivity contribution in [2.75, 3.05) is 18.4 Å². The van der Waals surface area contributed by atoms with Gasteiger partial charge in [-0.25, -0.2) is 8.42 Å². The number of amides is 1. The largest absolute Gasteiger partial charge is 0.417 e. The average molecular weight is 469 g/mol. The van der Waals surface area contributed by atoms with Gasteiger partial charge in [0.2, 0.25) is 15.9 Å². The number of rotatable bonds is 6. The van der Waals surface area contributed by atoms with Crippen molar-refractivity contribution in [3.8, 4) is 0 Å². The number of carbonyl (C=O) groups is 1. The molecule has 9 heteroatoms. The number of halogens is 3. The first kappa shape index (κ1) is 24.3. The van der Waals surface area contributed by atoms with Gasteiger partial charge in [-0.2, -0.15) is 17.5 Å². The normalized spacial score (nSPS) is 17.2. The fraction of sp³-hybridized carbons (Fsp3) is 0.435. The molecule has 0 saturated carbocycles. The number of anilines is 1. The fourth-order valence-electron chi connectivity index (χ4n) is 3.80. The van der Waals surface area contributed by atoms with Crippen molar-refractivity contribution in [2.24, 2.45) is 5.92 Å². The molecular weight excluding hydrogens is 441 g/mol. The molecular formula is C23H27F3N2O3S. The van der Waals surface area contributed by atoms with Gasteiger partial charge in [0.05, 0.1) is 10.5 Å². The van der Waals surface area contributed by atoms with Crippen molar-refractivity contribution in [3.63, 3.8) is 0 Å². The molecule has 174 valence electrons. The highest BCUT2D eigenvalue weighted by Gasteiger charge is 2.40. The summed E-state index contributed by atoms with van der Waals surface area (Å²) >= 11 is 0. The van der Waals surface area contributed by atoms with Crippen LogP contribution in [0.3, 0.4) is 0 Å². The summed E-state index contributed by atoms with van der Waals surface area (Å²) in [5.74, 6) is -0.198. The van der Waals surface area contributed by atoms with Crippen molar-refractivity contribution in [2.45, 2.75) is 50.1 Å². The van der Waals surface area contributed by atoms with Crippen molar-refractivity contribution in [3.05, 3.63) is 59.7 Å². The Bertz CT molecular complexity index is 1040. The molecule has 5 nitrogen and oxygen atoms in total. The lowest BCUT2D eigenvalue weighted by Gasteiger charge is -2.31. The third-order valence-electron chi connectivity index (χ3n) is 5.99. The Kier molecular flexibility index (Phi) is 7.29. The molecule has 1 fully saturated rings. The molecule has 1 amide bonds. The first-order valence-electron chi connectivity index (χ1n) is 10.6. The molecule has 0 spiro atoms. The molecule has 1 saturated heterocycles. The zero-order valence-corrected chi connectivity index (χ0v) is 18.8. The minimum atomic E-state index is -4.77. The van der Waals surface area contributed by atoms with Gasteiger partial charge in [-0.3, -0.25) is 4.79 Å². The third kappa shape index (κ3) is 5.32. The molecule has 0 radical (unpaired) electrons. The van der Waals surface area contributed by atoms with Crippen LogP contribution < -0.4 is 5.32 Å². The first-order valence-corrected chi connectivity index (χ1v) is 12.0. The Morgan fingerprint density at radius 3 is 2.25 bits per heavy atom. The summed E-state index contributed by atoms with van der Waals surface area (Å²) in [6.45, 7) is 4.20. The van der Waals surface area contributed by atoms with Crippen molar-refractivity contribution in [1.82, 2.24) is 4.31 Å². The maximum atomic E-state index is 13.3. The topological polar surface area (TPSA) is 66.5 Å². The van der Waals surface area contributed by atoms with Crippen LogP contribution in [0.5, 0.6) is 0 Å². The average Bonchev–Trinajstić information content (AvgIpc) is 2.78. The van der Waals surface area contributed by atoms with E-state index in [1.807, 2.05) is 24.3 Å². The lowest BCUT2D eigenvalue weighted by Crippen LogP contribution is -2.41. The van der Waals surface area contributed by atoms with E-state index in [1.54, 1.807) is 0 Å². The minimum absolute atomic E-state index is 0.0143. The van der Waals surface area contributed by atoms with E-state index in [9.17, 15) is 26.4 Å². The maximum absolute atomic E-state index is 13.3. The van der Waals surface area contributed by atoms with Crippen LogP contribution in [0, 0.1) is 5.92 Å². The molecule has 3 rings (SSSR count). The highest BCUT2D eigenvalue weighted by molar-refractivity contribution is 7.89. The molecule has 1 atom stereocenters. The molecule has 0 aliphatic carbocycles. The number of benzene rings is 2. The number of nitrogens with one attached hydrogen (secondary N) is 1. The standard InChI is InChI=1S/C23H27F3N2O3S/c1-3-16(2)17-8-10-19(11-9-17)27-22(29)18-12-14-28(15-13-18)32(30,31)21-7-5-4-6-20(21)23(24,25)26/h4-11,16,18H,3,12-15H2,1-2H3,(H,27,29). The van der Waals surface area contributed by atoms with Gasteiger partial charge in [0.1, 0.15) is 0 Å². The van der Waals surface area contributed by atoms with E-state index in [0.29, 0.717) is 11.6 Å². The Labute approximate surface area is 186 Å². The zero-order chi connectivity index (χ0) is 23.5. The van der Waals surface area contributed by atoms with Gasteiger partial charge >= 0.3 is 6.18 Å². The van der Waals surface area contributed by atoms with Crippen molar-refractivity contribution >= 4 is 21.6 Å². The van der Waals surface area contributed by atoms with Gasteiger partial charge in [-0.15, -0.1) is 0 Å². The zero-order valence-electron chi connectivity index (χ0n) is 18.0. The van der Waals surface area contributed by atoms with Gasteiger partial charge in [0.15, 0.2) is 0 Å². The molecule has 2 aromatic rings. The van der Waals surface area contributed by atoms with Crippen LogP contribution >= 0.6 is 0 Å². The summed E-state index contributed by atoms with van der Waals surface area (Å²) in [6, 6.07) is 11.8. The molecule has 1 N–H and O–H groups in total. The molecule has 1 heterocycles. The van der Waals surface area contributed by atoms with Crippen molar-refractivity contribution < 1.29 is 26.4 Å². The van der Waals surface area contributed by atoms with Gasteiger partial charge in [-0.1, -0.05) is 38.1 Å². The Morgan fingerprint density at radius 1 is 1.09 bits per heavy atom. The van der Waals surface area contributed by atoms with Crippen LogP contribution in [-0.4, -0.2) is 31.7 Å². The summed E-state index contributed by atoms with van der Waals surface area (Å²) in [5, 5.41) is 2.85. The van der Waals surface area contributed by atoms with E-state index in [1.165, 1.54) is 11.6 Å². The van der Waals surface area contributed by atoms with Crippen LogP contribution in [0.4, 0.5) is 18.9 Å². The Hall–Kier alpha value is -2.39. The second-order valence-electron chi connectivity index (χ2n) is 8.09. The SMILES string of the molecule is CCC(C)c1ccc(NC(=O)C2CCN(S(=O)(=O)c3ccccc3C(F)(F)F)CC2)cc1. The van der Waals surface area contributed by atoms with Gasteiger partial charge in [-0.05, 0) is 55.0 Å². The molecule has 0 aromatic heterocycles. The van der Waals surface area contributed by atoms with Gasteiger partial charge < -0.3 is 5.32 Å².